The highest BCUT2D eigenvalue weighted by molar-refractivity contribution is 5.82. The van der Waals surface area contributed by atoms with Gasteiger partial charge in [-0.2, -0.15) is 0 Å². The zero-order valence-electron chi connectivity index (χ0n) is 17.4. The number of halogens is 3. The van der Waals surface area contributed by atoms with Crippen LogP contribution in [0.5, 0.6) is 0 Å². The predicted molar refractivity (Wildman–Crippen MR) is 114 cm³/mol. The summed E-state index contributed by atoms with van der Waals surface area (Å²) in [5.74, 6) is 0.346. The third-order valence-electron chi connectivity index (χ3n) is 5.83. The Morgan fingerprint density at radius 2 is 1.71 bits per heavy atom. The van der Waals surface area contributed by atoms with Crippen LogP contribution in [0.25, 0.3) is 22.5 Å². The molecule has 162 valence electrons. The Labute approximate surface area is 179 Å². The fourth-order valence-electron chi connectivity index (χ4n) is 4.46. The van der Waals surface area contributed by atoms with Gasteiger partial charge in [0.25, 0.3) is 0 Å². The fourth-order valence-corrected chi connectivity index (χ4v) is 4.46. The molecule has 1 unspecified atom stereocenters. The molecule has 1 heterocycles. The molecule has 1 fully saturated rings. The summed E-state index contributed by atoms with van der Waals surface area (Å²) in [5.41, 5.74) is 12.3. The Morgan fingerprint density at radius 3 is 2.42 bits per heavy atom. The van der Waals surface area contributed by atoms with Crippen molar-refractivity contribution < 1.29 is 17.9 Å². The minimum Gasteiger partial charge on any atom is -0.382 e. The summed E-state index contributed by atoms with van der Waals surface area (Å²) in [6.45, 7) is 4.04. The summed E-state index contributed by atoms with van der Waals surface area (Å²) in [7, 11) is 0. The first kappa shape index (κ1) is 21.3. The quantitative estimate of drug-likeness (QED) is 0.540. The second-order valence-electron chi connectivity index (χ2n) is 8.08. The van der Waals surface area contributed by atoms with Crippen molar-refractivity contribution in [2.75, 3.05) is 5.73 Å². The molecule has 2 N–H and O–H groups in total. The molecule has 0 bridgehead atoms. The molecule has 3 aromatic rings. The largest absolute Gasteiger partial charge is 0.522 e. The third-order valence-corrected chi connectivity index (χ3v) is 5.83. The molecule has 2 atom stereocenters. The van der Waals surface area contributed by atoms with Gasteiger partial charge in [-0.15, -0.1) is 13.2 Å². The second kappa shape index (κ2) is 8.30. The molecular formula is C24H24F3N3O. The van der Waals surface area contributed by atoms with E-state index in [-0.39, 0.29) is 5.92 Å². The topological polar surface area (TPSA) is 61.0 Å². The van der Waals surface area contributed by atoms with Crippen LogP contribution in [0, 0.1) is 13.8 Å². The van der Waals surface area contributed by atoms with Gasteiger partial charge in [-0.25, -0.2) is 4.98 Å². The average molecular weight is 427 g/mol. The Kier molecular flexibility index (Phi) is 5.71. The number of hydrogen-bond donors (Lipinski definition) is 1. The monoisotopic (exact) mass is 427 g/mol. The Hall–Kier alpha value is -2.93. The fraction of sp³-hybridized carbons (Fsp3) is 0.333. The molecule has 2 aromatic carbocycles. The van der Waals surface area contributed by atoms with Gasteiger partial charge in [0.15, 0.2) is 0 Å². The van der Waals surface area contributed by atoms with E-state index in [1.807, 2.05) is 56.3 Å². The van der Waals surface area contributed by atoms with Crippen molar-refractivity contribution in [1.29, 1.82) is 0 Å². The highest BCUT2D eigenvalue weighted by Crippen LogP contribution is 2.40. The number of anilines is 1. The minimum absolute atomic E-state index is 0.0117. The molecule has 1 aliphatic carbocycles. The number of aromatic nitrogens is 2. The predicted octanol–water partition coefficient (Wildman–Crippen LogP) is 6.18. The average Bonchev–Trinajstić information content (AvgIpc) is 3.15. The zero-order chi connectivity index (χ0) is 22.2. The lowest BCUT2D eigenvalue weighted by Crippen LogP contribution is -2.21. The van der Waals surface area contributed by atoms with E-state index in [2.05, 4.69) is 14.7 Å². The first-order valence-electron chi connectivity index (χ1n) is 10.3. The summed E-state index contributed by atoms with van der Waals surface area (Å²) < 4.78 is 42.0. The van der Waals surface area contributed by atoms with Gasteiger partial charge < -0.3 is 5.73 Å². The molecule has 1 saturated carbocycles. The van der Waals surface area contributed by atoms with Crippen LogP contribution in [0.15, 0.2) is 48.7 Å². The summed E-state index contributed by atoms with van der Waals surface area (Å²) in [5, 5.41) is 0. The van der Waals surface area contributed by atoms with Gasteiger partial charge in [0.05, 0.1) is 23.7 Å². The number of nitrogens with zero attached hydrogens (tertiary/aromatic N) is 2. The lowest BCUT2D eigenvalue weighted by molar-refractivity contribution is -0.341. The van der Waals surface area contributed by atoms with E-state index < -0.39 is 12.5 Å². The van der Waals surface area contributed by atoms with Crippen molar-refractivity contribution in [2.24, 2.45) is 0 Å². The Morgan fingerprint density at radius 1 is 1.00 bits per heavy atom. The van der Waals surface area contributed by atoms with Gasteiger partial charge in [0.2, 0.25) is 0 Å². The van der Waals surface area contributed by atoms with Crippen LogP contribution in [-0.2, 0) is 4.74 Å². The van der Waals surface area contributed by atoms with Crippen molar-refractivity contribution in [3.8, 4) is 22.5 Å². The van der Waals surface area contributed by atoms with Crippen LogP contribution < -0.4 is 5.73 Å². The van der Waals surface area contributed by atoms with Crippen LogP contribution >= 0.6 is 0 Å². The highest BCUT2D eigenvalue weighted by atomic mass is 19.4. The smallest absolute Gasteiger partial charge is 0.382 e. The number of nitrogens with two attached hydrogens (primary N) is 1. The maximum atomic E-state index is 12.6. The zero-order valence-corrected chi connectivity index (χ0v) is 17.4. The standard InChI is InChI=1S/C24H24F3N3O/c1-14-5-3-6-15(2)21(14)23-22(29-13-20(28)30-23)18-8-4-7-16(11-18)17-9-10-19(12-17)31-24(25,26)27/h3-8,11,13,17,19H,9-10,12H2,1-2H3,(H2,28,30)/t17-,19?/m1/s1. The Bertz CT molecular complexity index is 1080. The van der Waals surface area contributed by atoms with Gasteiger partial charge >= 0.3 is 6.36 Å². The maximum absolute atomic E-state index is 12.6. The van der Waals surface area contributed by atoms with Crippen LogP contribution in [0.3, 0.4) is 0 Å². The van der Waals surface area contributed by atoms with Crippen LogP contribution in [0.1, 0.15) is 41.9 Å². The van der Waals surface area contributed by atoms with Crippen LogP contribution in [0.2, 0.25) is 0 Å². The number of ether oxygens (including phenoxy) is 1. The lowest BCUT2D eigenvalue weighted by Gasteiger charge is -2.16. The van der Waals surface area contributed by atoms with Crippen LogP contribution in [0.4, 0.5) is 19.0 Å². The van der Waals surface area contributed by atoms with E-state index in [4.69, 9.17) is 5.73 Å². The van der Waals surface area contributed by atoms with Gasteiger partial charge in [-0.3, -0.25) is 9.72 Å². The molecule has 1 aliphatic rings. The van der Waals surface area contributed by atoms with Crippen molar-refractivity contribution in [3.63, 3.8) is 0 Å². The minimum atomic E-state index is -4.60. The number of nitrogen functional groups attached to an aromatic ring is 1. The number of alkyl halides is 3. The van der Waals surface area contributed by atoms with Crippen molar-refractivity contribution in [2.45, 2.75) is 51.5 Å². The van der Waals surface area contributed by atoms with Crippen LogP contribution in [-0.4, -0.2) is 22.4 Å². The molecule has 1 aromatic heterocycles. The van der Waals surface area contributed by atoms with Gasteiger partial charge in [-0.05, 0) is 61.8 Å². The second-order valence-corrected chi connectivity index (χ2v) is 8.08. The third kappa shape index (κ3) is 4.71. The normalized spacial score (nSPS) is 19.0. The molecule has 0 saturated heterocycles. The molecule has 31 heavy (non-hydrogen) atoms. The van der Waals surface area contributed by atoms with Gasteiger partial charge in [0, 0.05) is 11.1 Å². The summed E-state index contributed by atoms with van der Waals surface area (Å²) in [6.07, 6.45) is -2.47. The highest BCUT2D eigenvalue weighted by Gasteiger charge is 2.37. The number of aryl methyl sites for hydroxylation is 2. The SMILES string of the molecule is Cc1cccc(C)c1-c1nc(N)cnc1-c1cccc([C@@H]2CCC(OC(F)(F)F)C2)c1. The summed E-state index contributed by atoms with van der Waals surface area (Å²) in [6, 6.07) is 13.8. The molecule has 0 aliphatic heterocycles. The van der Waals surface area contributed by atoms with E-state index in [9.17, 15) is 13.2 Å². The van der Waals surface area contributed by atoms with Crippen molar-refractivity contribution >= 4 is 5.82 Å². The first-order valence-corrected chi connectivity index (χ1v) is 10.3. The number of hydrogen-bond acceptors (Lipinski definition) is 4. The maximum Gasteiger partial charge on any atom is 0.522 e. The Balaban J connectivity index is 1.70. The van der Waals surface area contributed by atoms with Crippen molar-refractivity contribution in [3.05, 3.63) is 65.4 Å². The van der Waals surface area contributed by atoms with E-state index in [1.54, 1.807) is 0 Å². The first-order chi connectivity index (χ1) is 14.7. The van der Waals surface area contributed by atoms with E-state index in [0.29, 0.717) is 36.5 Å². The number of rotatable bonds is 4. The molecule has 0 radical (unpaired) electrons. The van der Waals surface area contributed by atoms with Crippen molar-refractivity contribution in [1.82, 2.24) is 9.97 Å². The van der Waals surface area contributed by atoms with E-state index in [0.717, 1.165) is 27.8 Å². The molecule has 0 amide bonds. The number of benzene rings is 2. The van der Waals surface area contributed by atoms with Gasteiger partial charge in [0.1, 0.15) is 5.82 Å². The molecule has 0 spiro atoms. The van der Waals surface area contributed by atoms with E-state index >= 15 is 0 Å². The van der Waals surface area contributed by atoms with E-state index in [1.165, 1.54) is 6.20 Å². The molecular weight excluding hydrogens is 403 g/mol. The molecule has 4 nitrogen and oxygen atoms in total. The lowest BCUT2D eigenvalue weighted by atomic mass is 9.92. The summed E-state index contributed by atoms with van der Waals surface area (Å²) in [4.78, 5) is 9.17. The molecule has 4 rings (SSSR count). The van der Waals surface area contributed by atoms with Gasteiger partial charge in [-0.1, -0.05) is 36.4 Å². The molecule has 7 heteroatoms. The summed E-state index contributed by atoms with van der Waals surface area (Å²) >= 11 is 0.